The molecule has 2 rings (SSSR count). The Hall–Kier alpha value is -2.64. The van der Waals surface area contributed by atoms with E-state index in [-0.39, 0.29) is 17.7 Å². The number of nitrogens with one attached hydrogen (secondary N) is 1. The summed E-state index contributed by atoms with van der Waals surface area (Å²) in [4.78, 5) is 36.4. The minimum Gasteiger partial charge on any atom is -0.450 e. The first-order chi connectivity index (χ1) is 12.9. The number of carbonyl (C=O) groups is 2. The average molecular weight is 377 g/mol. The average Bonchev–Trinajstić information content (AvgIpc) is 2.66. The van der Waals surface area contributed by atoms with Crippen LogP contribution in [-0.4, -0.2) is 48.1 Å². The number of likely N-dealkylation sites (tertiary alicyclic amines) is 1. The third kappa shape index (κ3) is 5.94. The molecule has 1 aromatic rings. The Kier molecular flexibility index (Phi) is 7.57. The van der Waals surface area contributed by atoms with Crippen molar-refractivity contribution in [3.8, 4) is 0 Å². The van der Waals surface area contributed by atoms with Crippen LogP contribution < -0.4 is 5.32 Å². The molecule has 2 amide bonds. The molecule has 1 aliphatic heterocycles. The number of aryl methyl sites for hydroxylation is 1. The van der Waals surface area contributed by atoms with Crippen molar-refractivity contribution in [2.75, 3.05) is 26.2 Å². The van der Waals surface area contributed by atoms with E-state index in [1.165, 1.54) is 18.2 Å². The topological polar surface area (TPSA) is 102 Å². The van der Waals surface area contributed by atoms with Gasteiger partial charge in [0.1, 0.15) is 0 Å². The van der Waals surface area contributed by atoms with E-state index in [0.29, 0.717) is 43.3 Å². The zero-order valence-corrected chi connectivity index (χ0v) is 15.9. The molecule has 0 radical (unpaired) electrons. The number of alkyl carbamates (subject to hydrolysis) is 1. The Balaban J connectivity index is 1.80. The highest BCUT2D eigenvalue weighted by Gasteiger charge is 2.25. The van der Waals surface area contributed by atoms with Gasteiger partial charge in [-0.15, -0.1) is 0 Å². The van der Waals surface area contributed by atoms with E-state index >= 15 is 0 Å². The maximum absolute atomic E-state index is 12.7. The summed E-state index contributed by atoms with van der Waals surface area (Å²) in [6, 6.07) is 4.31. The number of rotatable bonds is 7. The van der Waals surface area contributed by atoms with Gasteiger partial charge in [0.25, 0.3) is 11.6 Å². The molecule has 148 valence electrons. The van der Waals surface area contributed by atoms with E-state index in [1.54, 1.807) is 11.8 Å². The van der Waals surface area contributed by atoms with Crippen molar-refractivity contribution in [2.24, 2.45) is 5.92 Å². The summed E-state index contributed by atoms with van der Waals surface area (Å²) in [7, 11) is 0. The minimum atomic E-state index is -0.465. The predicted octanol–water partition coefficient (Wildman–Crippen LogP) is 3.28. The second-order valence-electron chi connectivity index (χ2n) is 6.86. The Morgan fingerprint density at radius 1 is 1.33 bits per heavy atom. The molecule has 0 spiro atoms. The van der Waals surface area contributed by atoms with Gasteiger partial charge in [-0.3, -0.25) is 14.9 Å². The molecule has 27 heavy (non-hydrogen) atoms. The third-order valence-corrected chi connectivity index (χ3v) is 4.82. The fraction of sp³-hybridized carbons (Fsp3) is 0.579. The van der Waals surface area contributed by atoms with Crippen LogP contribution in [0, 0.1) is 23.0 Å². The minimum absolute atomic E-state index is 0.0142. The van der Waals surface area contributed by atoms with Gasteiger partial charge < -0.3 is 15.0 Å². The number of non-ortho nitro benzene ring substituents is 1. The summed E-state index contributed by atoms with van der Waals surface area (Å²) in [5, 5.41) is 13.6. The number of hydrogen-bond acceptors (Lipinski definition) is 5. The molecule has 0 unspecified atom stereocenters. The van der Waals surface area contributed by atoms with Gasteiger partial charge in [0.15, 0.2) is 0 Å². The zero-order chi connectivity index (χ0) is 19.8. The van der Waals surface area contributed by atoms with Crippen LogP contribution >= 0.6 is 0 Å². The van der Waals surface area contributed by atoms with Gasteiger partial charge in [-0.05, 0) is 43.7 Å². The number of nitrogens with zero attached hydrogens (tertiary/aromatic N) is 2. The van der Waals surface area contributed by atoms with Gasteiger partial charge in [0, 0.05) is 37.3 Å². The van der Waals surface area contributed by atoms with Crippen molar-refractivity contribution in [1.29, 1.82) is 0 Å². The van der Waals surface area contributed by atoms with Crippen molar-refractivity contribution < 1.29 is 19.2 Å². The SMILES string of the molecule is CCCCOC(=O)NCC1CCN(C(=O)c2ccc([N+](=O)[O-])cc2C)CC1. The molecule has 1 saturated heterocycles. The molecule has 0 saturated carbocycles. The molecule has 1 fully saturated rings. The lowest BCUT2D eigenvalue weighted by atomic mass is 9.96. The van der Waals surface area contributed by atoms with Crippen LogP contribution in [0.3, 0.4) is 0 Å². The van der Waals surface area contributed by atoms with Gasteiger partial charge in [-0.25, -0.2) is 4.79 Å². The number of hydrogen-bond donors (Lipinski definition) is 1. The first-order valence-corrected chi connectivity index (χ1v) is 9.37. The largest absolute Gasteiger partial charge is 0.450 e. The summed E-state index contributed by atoms with van der Waals surface area (Å²) in [6.07, 6.45) is 3.05. The van der Waals surface area contributed by atoms with Crippen LogP contribution in [-0.2, 0) is 4.74 Å². The normalized spacial score (nSPS) is 14.7. The van der Waals surface area contributed by atoms with Gasteiger partial charge in [-0.2, -0.15) is 0 Å². The van der Waals surface area contributed by atoms with Gasteiger partial charge in [-0.1, -0.05) is 13.3 Å². The van der Waals surface area contributed by atoms with Crippen LogP contribution in [0.25, 0.3) is 0 Å². The number of amides is 2. The lowest BCUT2D eigenvalue weighted by molar-refractivity contribution is -0.384. The van der Waals surface area contributed by atoms with E-state index < -0.39 is 4.92 Å². The summed E-state index contributed by atoms with van der Waals surface area (Å²) in [5.41, 5.74) is 1.09. The molecule has 8 nitrogen and oxygen atoms in total. The third-order valence-electron chi connectivity index (χ3n) is 4.82. The van der Waals surface area contributed by atoms with Crippen LogP contribution in [0.2, 0.25) is 0 Å². The molecule has 0 aromatic heterocycles. The highest BCUT2D eigenvalue weighted by molar-refractivity contribution is 5.96. The molecule has 1 aliphatic rings. The predicted molar refractivity (Wildman–Crippen MR) is 101 cm³/mol. The van der Waals surface area contributed by atoms with E-state index in [0.717, 1.165) is 25.7 Å². The number of nitro groups is 1. The van der Waals surface area contributed by atoms with Crippen molar-refractivity contribution in [1.82, 2.24) is 10.2 Å². The Bertz CT molecular complexity index is 684. The van der Waals surface area contributed by atoms with Crippen molar-refractivity contribution >= 4 is 17.7 Å². The van der Waals surface area contributed by atoms with E-state index in [2.05, 4.69) is 5.32 Å². The van der Waals surface area contributed by atoms with Crippen molar-refractivity contribution in [3.05, 3.63) is 39.4 Å². The second-order valence-corrected chi connectivity index (χ2v) is 6.86. The summed E-state index contributed by atoms with van der Waals surface area (Å²) < 4.78 is 5.07. The number of piperidine rings is 1. The fourth-order valence-electron chi connectivity index (χ4n) is 3.10. The van der Waals surface area contributed by atoms with Crippen LogP contribution in [0.4, 0.5) is 10.5 Å². The molecule has 8 heteroatoms. The van der Waals surface area contributed by atoms with Crippen LogP contribution in [0.1, 0.15) is 48.5 Å². The highest BCUT2D eigenvalue weighted by atomic mass is 16.6. The zero-order valence-electron chi connectivity index (χ0n) is 15.9. The van der Waals surface area contributed by atoms with E-state index in [9.17, 15) is 19.7 Å². The molecule has 0 aliphatic carbocycles. The summed E-state index contributed by atoms with van der Waals surface area (Å²) in [5.74, 6) is 0.207. The number of unbranched alkanes of at least 4 members (excludes halogenated alkanes) is 1. The lowest BCUT2D eigenvalue weighted by Gasteiger charge is -2.32. The maximum Gasteiger partial charge on any atom is 0.407 e. The first-order valence-electron chi connectivity index (χ1n) is 9.37. The molecule has 1 aromatic carbocycles. The Morgan fingerprint density at radius 2 is 2.04 bits per heavy atom. The fourth-order valence-corrected chi connectivity index (χ4v) is 3.10. The molecular formula is C19H27N3O5. The van der Waals surface area contributed by atoms with Crippen LogP contribution in [0.5, 0.6) is 0 Å². The number of nitro benzene ring substituents is 1. The Morgan fingerprint density at radius 3 is 2.63 bits per heavy atom. The van der Waals surface area contributed by atoms with Crippen molar-refractivity contribution in [2.45, 2.75) is 39.5 Å². The molecule has 1 N–H and O–H groups in total. The monoisotopic (exact) mass is 377 g/mol. The quantitative estimate of drug-likeness (QED) is 0.446. The Labute approximate surface area is 159 Å². The summed E-state index contributed by atoms with van der Waals surface area (Å²) in [6.45, 7) is 5.93. The van der Waals surface area contributed by atoms with E-state index in [1.807, 2.05) is 6.92 Å². The second kappa shape index (κ2) is 9.89. The van der Waals surface area contributed by atoms with Gasteiger partial charge >= 0.3 is 6.09 Å². The smallest absolute Gasteiger partial charge is 0.407 e. The van der Waals surface area contributed by atoms with Gasteiger partial charge in [0.05, 0.1) is 11.5 Å². The highest BCUT2D eigenvalue weighted by Crippen LogP contribution is 2.22. The maximum atomic E-state index is 12.7. The van der Waals surface area contributed by atoms with Crippen molar-refractivity contribution in [3.63, 3.8) is 0 Å². The number of benzene rings is 1. The standard InChI is InChI=1S/C19H27N3O5/c1-3-4-11-27-19(24)20-13-15-7-9-21(10-8-15)18(23)17-6-5-16(22(25)26)12-14(17)2/h5-6,12,15H,3-4,7-11,13H2,1-2H3,(H,20,24). The molecule has 0 bridgehead atoms. The lowest BCUT2D eigenvalue weighted by Crippen LogP contribution is -2.41. The molecular weight excluding hydrogens is 350 g/mol. The number of ether oxygens (including phenoxy) is 1. The molecule has 0 atom stereocenters. The molecule has 1 heterocycles. The summed E-state index contributed by atoms with van der Waals surface area (Å²) >= 11 is 0. The number of carbonyl (C=O) groups excluding carboxylic acids is 2. The first kappa shape index (κ1) is 20.7. The van der Waals surface area contributed by atoms with E-state index in [4.69, 9.17) is 4.74 Å². The van der Waals surface area contributed by atoms with Gasteiger partial charge in [0.2, 0.25) is 0 Å². The van der Waals surface area contributed by atoms with Crippen LogP contribution in [0.15, 0.2) is 18.2 Å².